The number of amides is 1. The predicted molar refractivity (Wildman–Crippen MR) is 143 cm³/mol. The van der Waals surface area contributed by atoms with E-state index in [1.807, 2.05) is 37.4 Å². The lowest BCUT2D eigenvalue weighted by Crippen LogP contribution is -2.23. The van der Waals surface area contributed by atoms with Gasteiger partial charge in [0.2, 0.25) is 0 Å². The summed E-state index contributed by atoms with van der Waals surface area (Å²) in [5.41, 5.74) is 8.18. The average molecular weight is 482 g/mol. The Bertz CT molecular complexity index is 1360. The number of fused-ring (bicyclic) bond motifs is 1. The maximum Gasteiger partial charge on any atom is 0.251 e. The summed E-state index contributed by atoms with van der Waals surface area (Å²) in [4.78, 5) is 18.4. The highest BCUT2D eigenvalue weighted by molar-refractivity contribution is 7.99. The molecule has 6 heteroatoms. The number of nitrogens with one attached hydrogen (secondary N) is 2. The second kappa shape index (κ2) is 10.8. The molecule has 1 aromatic heterocycles. The second-order valence-electron chi connectivity index (χ2n) is 8.35. The molecule has 2 heterocycles. The van der Waals surface area contributed by atoms with Gasteiger partial charge in [-0.05, 0) is 70.3 Å². The van der Waals surface area contributed by atoms with Crippen molar-refractivity contribution in [1.29, 1.82) is 0 Å². The van der Waals surface area contributed by atoms with Crippen molar-refractivity contribution in [2.24, 2.45) is 0 Å². The Labute approximate surface area is 210 Å². The fourth-order valence-electron chi connectivity index (χ4n) is 4.10. The molecule has 0 radical (unpaired) electrons. The van der Waals surface area contributed by atoms with E-state index >= 15 is 0 Å². The summed E-state index contributed by atoms with van der Waals surface area (Å²) < 4.78 is 5.58. The quantitative estimate of drug-likeness (QED) is 0.353. The van der Waals surface area contributed by atoms with Gasteiger partial charge < -0.3 is 15.4 Å². The lowest BCUT2D eigenvalue weighted by Gasteiger charge is -2.10. The van der Waals surface area contributed by atoms with Gasteiger partial charge in [0.1, 0.15) is 0 Å². The summed E-state index contributed by atoms with van der Waals surface area (Å²) in [6.45, 7) is 1.70. The van der Waals surface area contributed by atoms with Crippen LogP contribution in [0.4, 0.5) is 5.69 Å². The molecule has 1 aliphatic heterocycles. The normalized spacial score (nSPS) is 12.9. The molecule has 5 rings (SSSR count). The van der Waals surface area contributed by atoms with E-state index in [2.05, 4.69) is 64.1 Å². The first kappa shape index (κ1) is 23.1. The Morgan fingerprint density at radius 3 is 2.54 bits per heavy atom. The van der Waals surface area contributed by atoms with Gasteiger partial charge in [0.05, 0.1) is 25.5 Å². The molecule has 2 N–H and O–H groups in total. The number of hydrogen-bond donors (Lipinski definition) is 2. The third-order valence-corrected chi connectivity index (χ3v) is 7.06. The van der Waals surface area contributed by atoms with Gasteiger partial charge in [-0.1, -0.05) is 36.4 Å². The van der Waals surface area contributed by atoms with Crippen LogP contribution >= 0.6 is 11.8 Å². The first-order valence-corrected chi connectivity index (χ1v) is 12.6. The van der Waals surface area contributed by atoms with Crippen molar-refractivity contribution in [1.82, 2.24) is 10.3 Å². The van der Waals surface area contributed by atoms with E-state index < -0.39 is 0 Å². The summed E-state index contributed by atoms with van der Waals surface area (Å²) in [6.07, 6.45) is 1.80. The summed E-state index contributed by atoms with van der Waals surface area (Å²) in [5.74, 6) is 0.800. The lowest BCUT2D eigenvalue weighted by molar-refractivity contribution is 0.0950. The Balaban J connectivity index is 1.30. The highest BCUT2D eigenvalue weighted by atomic mass is 32.2. The third-order valence-electron chi connectivity index (χ3n) is 6.00. The average Bonchev–Trinajstić information content (AvgIpc) is 3.17. The molecule has 3 aromatic carbocycles. The zero-order valence-corrected chi connectivity index (χ0v) is 20.4. The van der Waals surface area contributed by atoms with E-state index in [1.54, 1.807) is 18.0 Å². The predicted octanol–water partition coefficient (Wildman–Crippen LogP) is 6.01. The number of pyridine rings is 1. The van der Waals surface area contributed by atoms with Crippen LogP contribution in [0.1, 0.15) is 21.6 Å². The van der Waals surface area contributed by atoms with Crippen molar-refractivity contribution >= 4 is 23.4 Å². The minimum absolute atomic E-state index is 0.0998. The van der Waals surface area contributed by atoms with Gasteiger partial charge in [0, 0.05) is 35.1 Å². The highest BCUT2D eigenvalue weighted by Gasteiger charge is 2.13. The molecule has 35 heavy (non-hydrogen) atoms. The SMILES string of the molecule is CNc1cccc(-c2cccc(-c3ccnc(CNC(=O)c4ccc5c(c4)SCCOC5)c3)c2)c1. The summed E-state index contributed by atoms with van der Waals surface area (Å²) in [6, 6.07) is 26.7. The van der Waals surface area contributed by atoms with Gasteiger partial charge in [-0.3, -0.25) is 9.78 Å². The topological polar surface area (TPSA) is 63.2 Å². The van der Waals surface area contributed by atoms with Crippen LogP contribution < -0.4 is 10.6 Å². The smallest absolute Gasteiger partial charge is 0.251 e. The lowest BCUT2D eigenvalue weighted by atomic mass is 9.99. The number of aromatic nitrogens is 1. The van der Waals surface area contributed by atoms with Crippen LogP contribution in [0, 0.1) is 0 Å². The molecule has 1 aliphatic rings. The first-order chi connectivity index (χ1) is 17.2. The number of carbonyl (C=O) groups excluding carboxylic acids is 1. The van der Waals surface area contributed by atoms with Crippen molar-refractivity contribution in [2.75, 3.05) is 24.7 Å². The Hall–Kier alpha value is -3.61. The summed E-state index contributed by atoms with van der Waals surface area (Å²) in [5, 5.41) is 6.21. The molecule has 0 atom stereocenters. The maximum absolute atomic E-state index is 12.8. The van der Waals surface area contributed by atoms with Crippen molar-refractivity contribution in [3.05, 3.63) is 102 Å². The van der Waals surface area contributed by atoms with Gasteiger partial charge in [-0.25, -0.2) is 0 Å². The molecule has 1 amide bonds. The summed E-state index contributed by atoms with van der Waals surface area (Å²) in [7, 11) is 1.92. The fourth-order valence-corrected chi connectivity index (χ4v) is 5.05. The van der Waals surface area contributed by atoms with Gasteiger partial charge in [-0.15, -0.1) is 11.8 Å². The minimum Gasteiger partial charge on any atom is -0.388 e. The molecule has 0 unspecified atom stereocenters. The number of nitrogens with zero attached hydrogens (tertiary/aromatic N) is 1. The van der Waals surface area contributed by atoms with Gasteiger partial charge in [-0.2, -0.15) is 0 Å². The molecule has 0 bridgehead atoms. The van der Waals surface area contributed by atoms with E-state index in [0.717, 1.165) is 56.5 Å². The number of benzene rings is 3. The standard InChI is InChI=1S/C29H27N3O2S/c1-30-26-7-3-6-22(15-26)20-4-2-5-21(14-20)23-10-11-31-27(16-23)18-32-29(33)24-8-9-25-19-34-12-13-35-28(25)17-24/h2-11,14-17,30H,12-13,18-19H2,1H3,(H,32,33). The van der Waals surface area contributed by atoms with Crippen LogP contribution in [0.5, 0.6) is 0 Å². The van der Waals surface area contributed by atoms with Crippen molar-refractivity contribution in [3.63, 3.8) is 0 Å². The molecule has 176 valence electrons. The molecule has 4 aromatic rings. The second-order valence-corrected chi connectivity index (χ2v) is 9.49. The summed E-state index contributed by atoms with van der Waals surface area (Å²) >= 11 is 1.74. The van der Waals surface area contributed by atoms with Crippen molar-refractivity contribution in [3.8, 4) is 22.3 Å². The fraction of sp³-hybridized carbons (Fsp3) is 0.172. The largest absolute Gasteiger partial charge is 0.388 e. The number of anilines is 1. The number of rotatable bonds is 6. The molecule has 0 aliphatic carbocycles. The highest BCUT2D eigenvalue weighted by Crippen LogP contribution is 2.29. The van der Waals surface area contributed by atoms with E-state index in [0.29, 0.717) is 18.7 Å². The minimum atomic E-state index is -0.0998. The molecule has 0 saturated heterocycles. The zero-order chi connectivity index (χ0) is 24.0. The van der Waals surface area contributed by atoms with Crippen molar-refractivity contribution in [2.45, 2.75) is 18.0 Å². The van der Waals surface area contributed by atoms with Crippen LogP contribution in [-0.4, -0.2) is 30.3 Å². The molecule has 5 nitrogen and oxygen atoms in total. The van der Waals surface area contributed by atoms with Gasteiger partial charge >= 0.3 is 0 Å². The monoisotopic (exact) mass is 481 g/mol. The Morgan fingerprint density at radius 1 is 0.943 bits per heavy atom. The van der Waals surface area contributed by atoms with Crippen LogP contribution in [-0.2, 0) is 17.9 Å². The first-order valence-electron chi connectivity index (χ1n) is 11.6. The van der Waals surface area contributed by atoms with E-state index in [-0.39, 0.29) is 5.91 Å². The van der Waals surface area contributed by atoms with Crippen LogP contribution in [0.25, 0.3) is 22.3 Å². The molecule has 0 saturated carbocycles. The number of carbonyl (C=O) groups is 1. The molecular weight excluding hydrogens is 454 g/mol. The molecule has 0 spiro atoms. The van der Waals surface area contributed by atoms with E-state index in [4.69, 9.17) is 4.74 Å². The molecular formula is C29H27N3O2S. The Morgan fingerprint density at radius 2 is 1.71 bits per heavy atom. The maximum atomic E-state index is 12.8. The van der Waals surface area contributed by atoms with Gasteiger partial charge in [0.25, 0.3) is 5.91 Å². The van der Waals surface area contributed by atoms with Gasteiger partial charge in [0.15, 0.2) is 0 Å². The van der Waals surface area contributed by atoms with Crippen molar-refractivity contribution < 1.29 is 9.53 Å². The number of thioether (sulfide) groups is 1. The van der Waals surface area contributed by atoms with E-state index in [1.165, 1.54) is 0 Å². The third kappa shape index (κ3) is 5.56. The van der Waals surface area contributed by atoms with E-state index in [9.17, 15) is 4.79 Å². The van der Waals surface area contributed by atoms with Crippen LogP contribution in [0.2, 0.25) is 0 Å². The zero-order valence-electron chi connectivity index (χ0n) is 19.6. The van der Waals surface area contributed by atoms with Crippen LogP contribution in [0.15, 0.2) is 90.0 Å². The Kier molecular flexibility index (Phi) is 7.12. The number of hydrogen-bond acceptors (Lipinski definition) is 5. The van der Waals surface area contributed by atoms with Crippen LogP contribution in [0.3, 0.4) is 0 Å². The number of ether oxygens (including phenoxy) is 1. The molecule has 0 fully saturated rings.